The molecular weight excluding hydrogens is 455 g/mol. The fourth-order valence-electron chi connectivity index (χ4n) is 3.27. The van der Waals surface area contributed by atoms with Crippen LogP contribution in [0.1, 0.15) is 64.7 Å². The molecule has 2 nitrogen and oxygen atoms in total. The molecule has 1 fully saturated rings. The van der Waals surface area contributed by atoms with Crippen LogP contribution in [0.3, 0.4) is 0 Å². The molecule has 0 spiro atoms. The molecule has 0 radical (unpaired) electrons. The number of rotatable bonds is 11. The second-order valence-electron chi connectivity index (χ2n) is 7.61. The molecule has 0 aromatic rings. The predicted octanol–water partition coefficient (Wildman–Crippen LogP) is 6.53. The van der Waals surface area contributed by atoms with Crippen LogP contribution in [-0.4, -0.2) is 47.7 Å². The van der Waals surface area contributed by atoms with E-state index >= 15 is 0 Å². The molecule has 1 rings (SSSR count). The number of carbonyl (C=O) groups is 1. The Hall–Kier alpha value is -1.30. The predicted molar refractivity (Wildman–Crippen MR) is 88.8 cm³/mol. The van der Waals surface area contributed by atoms with Crippen molar-refractivity contribution in [1.29, 1.82) is 0 Å². The molecule has 0 heterocycles. The molecule has 31 heavy (non-hydrogen) atoms. The zero-order valence-corrected chi connectivity index (χ0v) is 16.6. The van der Waals surface area contributed by atoms with Gasteiger partial charge in [0.25, 0.3) is 5.91 Å². The second-order valence-corrected chi connectivity index (χ2v) is 7.61. The lowest BCUT2D eigenvalue weighted by Gasteiger charge is -2.51. The molecule has 0 unspecified atom stereocenters. The molecule has 1 amide bonds. The van der Waals surface area contributed by atoms with Crippen molar-refractivity contribution >= 4 is 5.91 Å². The molecule has 1 saturated carbocycles. The Morgan fingerprint density at radius 1 is 0.548 bits per heavy atom. The Labute approximate surface area is 171 Å². The van der Waals surface area contributed by atoms with E-state index in [1.807, 2.05) is 6.92 Å². The number of halogens is 11. The Balaban J connectivity index is 2.81. The highest BCUT2D eigenvalue weighted by Crippen LogP contribution is 2.69. The van der Waals surface area contributed by atoms with Gasteiger partial charge in [-0.3, -0.25) is 4.79 Å². The lowest BCUT2D eigenvalue weighted by molar-refractivity contribution is -0.476. The van der Waals surface area contributed by atoms with E-state index < -0.39 is 47.7 Å². The maximum atomic E-state index is 14.4. The number of amides is 1. The van der Waals surface area contributed by atoms with Crippen molar-refractivity contribution in [2.45, 2.75) is 100.0 Å². The maximum absolute atomic E-state index is 14.4. The lowest BCUT2D eigenvalue weighted by Crippen LogP contribution is -2.86. The van der Waals surface area contributed by atoms with Crippen molar-refractivity contribution in [3.63, 3.8) is 0 Å². The van der Waals surface area contributed by atoms with Gasteiger partial charge in [0.05, 0.1) is 0 Å². The molecule has 0 bridgehead atoms. The zero-order chi connectivity index (χ0) is 24.4. The van der Waals surface area contributed by atoms with Crippen molar-refractivity contribution in [2.24, 2.45) is 0 Å². The fraction of sp³-hybridized carbons (Fsp3) is 0.944. The maximum Gasteiger partial charge on any atom is 0.384 e. The first-order chi connectivity index (χ1) is 14.0. The lowest BCUT2D eigenvalue weighted by atomic mass is 9.71. The van der Waals surface area contributed by atoms with Crippen LogP contribution in [0.15, 0.2) is 0 Å². The van der Waals surface area contributed by atoms with Gasteiger partial charge in [0.15, 0.2) is 0 Å². The molecule has 0 aromatic heterocycles. The van der Waals surface area contributed by atoms with E-state index in [1.165, 1.54) is 0 Å². The summed E-state index contributed by atoms with van der Waals surface area (Å²) in [4.78, 5) is 11.6. The van der Waals surface area contributed by atoms with Gasteiger partial charge in [0.1, 0.15) is 0 Å². The van der Waals surface area contributed by atoms with E-state index in [0.717, 1.165) is 43.8 Å². The van der Waals surface area contributed by atoms with Crippen LogP contribution in [-0.2, 0) is 4.79 Å². The van der Waals surface area contributed by atoms with E-state index in [1.54, 1.807) is 0 Å². The first-order valence-electron chi connectivity index (χ1n) is 9.84. The van der Waals surface area contributed by atoms with Gasteiger partial charge in [-0.1, -0.05) is 58.3 Å². The standard InChI is InChI=1S/C18H24F11NO/c1-2-3-4-5-6-7-8-9-10-11-30-12(31)13(19)14(20,21)16(24,25)18(28,29)17(26,27)15(13,22)23/h2-11H2,1H3,(H,30,31). The van der Waals surface area contributed by atoms with Gasteiger partial charge in [-0.15, -0.1) is 0 Å². The van der Waals surface area contributed by atoms with Crippen LogP contribution in [0.5, 0.6) is 0 Å². The molecule has 0 aromatic carbocycles. The van der Waals surface area contributed by atoms with Gasteiger partial charge in [-0.05, 0) is 6.42 Å². The quantitative estimate of drug-likeness (QED) is 0.265. The topological polar surface area (TPSA) is 29.1 Å². The van der Waals surface area contributed by atoms with Gasteiger partial charge >= 0.3 is 35.3 Å². The third kappa shape index (κ3) is 4.09. The molecule has 0 atom stereocenters. The van der Waals surface area contributed by atoms with Crippen molar-refractivity contribution in [2.75, 3.05) is 6.54 Å². The minimum Gasteiger partial charge on any atom is -0.353 e. The second kappa shape index (κ2) is 9.29. The summed E-state index contributed by atoms with van der Waals surface area (Å²) in [6.07, 6.45) is 6.51. The molecule has 1 aliphatic carbocycles. The van der Waals surface area contributed by atoms with Gasteiger partial charge < -0.3 is 5.32 Å². The summed E-state index contributed by atoms with van der Waals surface area (Å²) in [5.74, 6) is -39.3. The van der Waals surface area contributed by atoms with Crippen LogP contribution in [0, 0.1) is 0 Å². The molecule has 1 N–H and O–H groups in total. The highest BCUT2D eigenvalue weighted by Gasteiger charge is 3.02. The first-order valence-corrected chi connectivity index (χ1v) is 9.84. The SMILES string of the molecule is CCCCCCCCCCCNC(=O)C1(F)C(F)(F)C(F)(F)C(F)(F)C(F)(F)C1(F)F. The van der Waals surface area contributed by atoms with Crippen molar-refractivity contribution < 1.29 is 53.1 Å². The van der Waals surface area contributed by atoms with E-state index in [0.29, 0.717) is 12.8 Å². The van der Waals surface area contributed by atoms with Crippen molar-refractivity contribution in [3.05, 3.63) is 0 Å². The number of hydrogen-bond acceptors (Lipinski definition) is 1. The average molecular weight is 479 g/mol. The van der Waals surface area contributed by atoms with Gasteiger partial charge in [-0.2, -0.15) is 43.9 Å². The van der Waals surface area contributed by atoms with Crippen LogP contribution in [0.4, 0.5) is 48.3 Å². The monoisotopic (exact) mass is 479 g/mol. The van der Waals surface area contributed by atoms with E-state index in [-0.39, 0.29) is 6.42 Å². The average Bonchev–Trinajstić information content (AvgIpc) is 2.66. The Kier molecular flexibility index (Phi) is 8.31. The number of nitrogens with one attached hydrogen (secondary N) is 1. The number of alkyl halides is 11. The summed E-state index contributed by atoms with van der Waals surface area (Å²) in [5.41, 5.74) is -6.60. The number of carbonyl (C=O) groups excluding carboxylic acids is 1. The van der Waals surface area contributed by atoms with Crippen LogP contribution in [0.2, 0.25) is 0 Å². The van der Waals surface area contributed by atoms with Gasteiger partial charge in [-0.25, -0.2) is 4.39 Å². The van der Waals surface area contributed by atoms with E-state index in [4.69, 9.17) is 0 Å². The summed E-state index contributed by atoms with van der Waals surface area (Å²) in [6.45, 7) is 1.25. The molecule has 1 aliphatic rings. The molecule has 0 aliphatic heterocycles. The minimum atomic E-state index is -7.32. The summed E-state index contributed by atoms with van der Waals surface area (Å²) in [7, 11) is 0. The first kappa shape index (κ1) is 27.7. The zero-order valence-electron chi connectivity index (χ0n) is 16.6. The number of hydrogen-bond donors (Lipinski definition) is 1. The highest BCUT2D eigenvalue weighted by molar-refractivity contribution is 5.88. The summed E-state index contributed by atoms with van der Waals surface area (Å²) >= 11 is 0. The Bertz CT molecular complexity index is 592. The molecular formula is C18H24F11NO. The number of unbranched alkanes of at least 4 members (excludes halogenated alkanes) is 8. The van der Waals surface area contributed by atoms with Crippen molar-refractivity contribution in [1.82, 2.24) is 5.32 Å². The third-order valence-corrected chi connectivity index (χ3v) is 5.32. The fourth-order valence-corrected chi connectivity index (χ4v) is 3.27. The normalized spacial score (nSPS) is 24.5. The molecule has 184 valence electrons. The van der Waals surface area contributed by atoms with Gasteiger partial charge in [0.2, 0.25) is 0 Å². The highest BCUT2D eigenvalue weighted by atomic mass is 19.4. The third-order valence-electron chi connectivity index (χ3n) is 5.32. The minimum absolute atomic E-state index is 0.0864. The largest absolute Gasteiger partial charge is 0.384 e. The van der Waals surface area contributed by atoms with E-state index in [2.05, 4.69) is 0 Å². The van der Waals surface area contributed by atoms with Crippen molar-refractivity contribution in [3.8, 4) is 0 Å². The molecule has 0 saturated heterocycles. The van der Waals surface area contributed by atoms with Crippen LogP contribution >= 0.6 is 0 Å². The van der Waals surface area contributed by atoms with Crippen LogP contribution in [0.25, 0.3) is 0 Å². The Morgan fingerprint density at radius 2 is 0.871 bits per heavy atom. The summed E-state index contributed by atoms with van der Waals surface area (Å²) in [5, 5.41) is 1.14. The summed E-state index contributed by atoms with van der Waals surface area (Å²) in [6, 6.07) is 0. The smallest absolute Gasteiger partial charge is 0.353 e. The Morgan fingerprint density at radius 3 is 1.26 bits per heavy atom. The molecule has 13 heteroatoms. The summed E-state index contributed by atoms with van der Waals surface area (Å²) < 4.78 is 149. The van der Waals surface area contributed by atoms with Crippen LogP contribution < -0.4 is 5.32 Å². The van der Waals surface area contributed by atoms with Gasteiger partial charge in [0, 0.05) is 6.54 Å². The van der Waals surface area contributed by atoms with E-state index in [9.17, 15) is 53.1 Å².